The first-order chi connectivity index (χ1) is 6.22. The van der Waals surface area contributed by atoms with Crippen LogP contribution in [0.3, 0.4) is 0 Å². The molecule has 0 radical (unpaired) electrons. The van der Waals surface area contributed by atoms with E-state index >= 15 is 0 Å². The molecule has 0 saturated heterocycles. The number of carbonyl (C=O) groups is 1. The molecule has 0 bridgehead atoms. The van der Waals surface area contributed by atoms with E-state index < -0.39 is 5.97 Å². The monoisotopic (exact) mass is 175 g/mol. The van der Waals surface area contributed by atoms with Gasteiger partial charge in [0.25, 0.3) is 0 Å². The summed E-state index contributed by atoms with van der Waals surface area (Å²) in [6.07, 6.45) is 5.78. The maximum Gasteiger partial charge on any atom is 0.328 e. The van der Waals surface area contributed by atoms with Crippen molar-refractivity contribution in [2.75, 3.05) is 0 Å². The smallest absolute Gasteiger partial charge is 0.328 e. The Bertz CT molecular complexity index is 356. The molecular formula is C10H9NO2. The van der Waals surface area contributed by atoms with Gasteiger partial charge >= 0.3 is 5.97 Å². The highest BCUT2D eigenvalue weighted by Crippen LogP contribution is 2.04. The number of hydrogen-bond acceptors (Lipinski definition) is 2. The number of rotatable bonds is 3. The Labute approximate surface area is 76.1 Å². The summed E-state index contributed by atoms with van der Waals surface area (Å²) in [5.74, 6) is -0.981. The van der Waals surface area contributed by atoms with Crippen molar-refractivity contribution in [3.05, 3.63) is 42.2 Å². The first kappa shape index (κ1) is 9.19. The van der Waals surface area contributed by atoms with Gasteiger partial charge in [0.15, 0.2) is 0 Å². The zero-order chi connectivity index (χ0) is 9.68. The van der Waals surface area contributed by atoms with E-state index in [1.54, 1.807) is 24.4 Å². The maximum absolute atomic E-state index is 10.2. The minimum atomic E-state index is -0.981. The molecule has 0 aliphatic carbocycles. The topological polar surface area (TPSA) is 50.2 Å². The zero-order valence-electron chi connectivity index (χ0n) is 6.97. The van der Waals surface area contributed by atoms with Gasteiger partial charge in [-0.05, 0) is 23.8 Å². The normalized spacial score (nSPS) is 10.2. The van der Waals surface area contributed by atoms with E-state index in [2.05, 4.69) is 11.6 Å². The second-order valence-electron chi connectivity index (χ2n) is 2.39. The first-order valence-electron chi connectivity index (χ1n) is 3.72. The van der Waals surface area contributed by atoms with Crippen LogP contribution in [-0.4, -0.2) is 16.1 Å². The molecule has 0 saturated carbocycles. The maximum atomic E-state index is 10.2. The Morgan fingerprint density at radius 2 is 2.38 bits per heavy atom. The van der Waals surface area contributed by atoms with Crippen LogP contribution in [0.5, 0.6) is 0 Å². The Kier molecular flexibility index (Phi) is 2.97. The van der Waals surface area contributed by atoms with Crippen molar-refractivity contribution >= 4 is 18.1 Å². The van der Waals surface area contributed by atoms with Gasteiger partial charge in [0.2, 0.25) is 0 Å². The summed E-state index contributed by atoms with van der Waals surface area (Å²) in [7, 11) is 0. The summed E-state index contributed by atoms with van der Waals surface area (Å²) in [4.78, 5) is 14.2. The molecule has 13 heavy (non-hydrogen) atoms. The summed E-state index contributed by atoms with van der Waals surface area (Å²) >= 11 is 0. The van der Waals surface area contributed by atoms with Crippen molar-refractivity contribution in [1.82, 2.24) is 4.98 Å². The number of carboxylic acids is 1. The molecule has 0 amide bonds. The van der Waals surface area contributed by atoms with Crippen molar-refractivity contribution in [1.29, 1.82) is 0 Å². The third kappa shape index (κ3) is 2.91. The molecule has 1 aromatic rings. The molecule has 0 aliphatic heterocycles. The standard InChI is InChI=1S/C10H9NO2/c1-2-8-5-6-11-9(7-8)3-4-10(12)13/h2-7H,1H2,(H,12,13). The minimum Gasteiger partial charge on any atom is -0.478 e. The molecule has 0 aromatic carbocycles. The first-order valence-corrected chi connectivity index (χ1v) is 3.72. The van der Waals surface area contributed by atoms with E-state index in [0.29, 0.717) is 5.69 Å². The SMILES string of the molecule is C=Cc1ccnc(C=CC(=O)O)c1. The lowest BCUT2D eigenvalue weighted by molar-refractivity contribution is -0.131. The van der Waals surface area contributed by atoms with Crippen LogP contribution in [-0.2, 0) is 4.79 Å². The Balaban J connectivity index is 2.89. The van der Waals surface area contributed by atoms with E-state index in [1.165, 1.54) is 6.08 Å². The van der Waals surface area contributed by atoms with Gasteiger partial charge in [-0.25, -0.2) is 4.79 Å². The van der Waals surface area contributed by atoms with E-state index in [1.807, 2.05) is 0 Å². The van der Waals surface area contributed by atoms with Crippen LogP contribution >= 0.6 is 0 Å². The van der Waals surface area contributed by atoms with E-state index in [4.69, 9.17) is 5.11 Å². The molecule has 3 nitrogen and oxygen atoms in total. The molecule has 1 aromatic heterocycles. The summed E-state index contributed by atoms with van der Waals surface area (Å²) in [5.41, 5.74) is 1.53. The van der Waals surface area contributed by atoms with Gasteiger partial charge < -0.3 is 5.11 Å². The second kappa shape index (κ2) is 4.21. The molecule has 0 unspecified atom stereocenters. The fourth-order valence-electron chi connectivity index (χ4n) is 0.840. The predicted octanol–water partition coefficient (Wildman–Crippen LogP) is 1.82. The molecule has 1 heterocycles. The summed E-state index contributed by atoms with van der Waals surface area (Å²) < 4.78 is 0. The van der Waals surface area contributed by atoms with Gasteiger partial charge in [0, 0.05) is 12.3 Å². The number of nitrogens with zero attached hydrogens (tertiary/aromatic N) is 1. The lowest BCUT2D eigenvalue weighted by Gasteiger charge is -1.93. The van der Waals surface area contributed by atoms with Crippen LogP contribution in [0.15, 0.2) is 31.0 Å². The average Bonchev–Trinajstić information content (AvgIpc) is 2.15. The van der Waals surface area contributed by atoms with E-state index in [0.717, 1.165) is 11.6 Å². The van der Waals surface area contributed by atoms with Crippen LogP contribution in [0, 0.1) is 0 Å². The van der Waals surface area contributed by atoms with Crippen LogP contribution in [0.1, 0.15) is 11.3 Å². The third-order valence-electron chi connectivity index (χ3n) is 1.44. The van der Waals surface area contributed by atoms with E-state index in [9.17, 15) is 4.79 Å². The minimum absolute atomic E-state index is 0.611. The van der Waals surface area contributed by atoms with Crippen LogP contribution in [0.2, 0.25) is 0 Å². The molecule has 0 aliphatic rings. The number of aromatic nitrogens is 1. The molecule has 0 fully saturated rings. The average molecular weight is 175 g/mol. The Hall–Kier alpha value is -1.90. The quantitative estimate of drug-likeness (QED) is 0.713. The lowest BCUT2D eigenvalue weighted by atomic mass is 10.2. The zero-order valence-corrected chi connectivity index (χ0v) is 6.97. The van der Waals surface area contributed by atoms with Gasteiger partial charge in [0.1, 0.15) is 0 Å². The number of hydrogen-bond donors (Lipinski definition) is 1. The Morgan fingerprint density at radius 1 is 1.62 bits per heavy atom. The van der Waals surface area contributed by atoms with Crippen molar-refractivity contribution in [3.63, 3.8) is 0 Å². The highest BCUT2D eigenvalue weighted by Gasteiger charge is 1.91. The van der Waals surface area contributed by atoms with Gasteiger partial charge in [-0.15, -0.1) is 0 Å². The van der Waals surface area contributed by atoms with E-state index in [-0.39, 0.29) is 0 Å². The van der Waals surface area contributed by atoms with Gasteiger partial charge in [-0.1, -0.05) is 12.7 Å². The third-order valence-corrected chi connectivity index (χ3v) is 1.44. The van der Waals surface area contributed by atoms with Crippen LogP contribution in [0.25, 0.3) is 12.2 Å². The van der Waals surface area contributed by atoms with Crippen molar-refractivity contribution < 1.29 is 9.90 Å². The van der Waals surface area contributed by atoms with Gasteiger partial charge in [-0.2, -0.15) is 0 Å². The fraction of sp³-hybridized carbons (Fsp3) is 0. The second-order valence-corrected chi connectivity index (χ2v) is 2.39. The van der Waals surface area contributed by atoms with Gasteiger partial charge in [0.05, 0.1) is 5.69 Å². The van der Waals surface area contributed by atoms with Crippen molar-refractivity contribution in [3.8, 4) is 0 Å². The number of aliphatic carboxylic acids is 1. The molecular weight excluding hydrogens is 166 g/mol. The number of pyridine rings is 1. The van der Waals surface area contributed by atoms with Crippen LogP contribution < -0.4 is 0 Å². The summed E-state index contributed by atoms with van der Waals surface area (Å²) in [6.45, 7) is 3.60. The van der Waals surface area contributed by atoms with Gasteiger partial charge in [-0.3, -0.25) is 4.98 Å². The predicted molar refractivity (Wildman–Crippen MR) is 51.0 cm³/mol. The number of carboxylic acid groups (broad SMARTS) is 1. The Morgan fingerprint density at radius 3 is 3.00 bits per heavy atom. The summed E-state index contributed by atoms with van der Waals surface area (Å²) in [6, 6.07) is 3.55. The molecule has 3 heteroatoms. The van der Waals surface area contributed by atoms with Crippen molar-refractivity contribution in [2.45, 2.75) is 0 Å². The highest BCUT2D eigenvalue weighted by atomic mass is 16.4. The molecule has 0 spiro atoms. The van der Waals surface area contributed by atoms with Crippen LogP contribution in [0.4, 0.5) is 0 Å². The highest BCUT2D eigenvalue weighted by molar-refractivity contribution is 5.84. The molecule has 1 N–H and O–H groups in total. The molecule has 1 rings (SSSR count). The largest absolute Gasteiger partial charge is 0.478 e. The molecule has 0 atom stereocenters. The fourth-order valence-corrected chi connectivity index (χ4v) is 0.840. The lowest BCUT2D eigenvalue weighted by Crippen LogP contribution is -1.87. The van der Waals surface area contributed by atoms with Crippen molar-refractivity contribution in [2.24, 2.45) is 0 Å². The molecule has 66 valence electrons. The summed E-state index contributed by atoms with van der Waals surface area (Å²) in [5, 5.41) is 8.37.